The average molecular weight is 294 g/mol. The summed E-state index contributed by atoms with van der Waals surface area (Å²) >= 11 is 0. The maximum absolute atomic E-state index is 11.6. The van der Waals surface area contributed by atoms with E-state index in [-0.39, 0.29) is 0 Å². The molecular weight excluding hydrogens is 272 g/mol. The minimum absolute atomic E-state index is 0.330. The van der Waals surface area contributed by atoms with Crippen LogP contribution in [0.25, 0.3) is 0 Å². The van der Waals surface area contributed by atoms with Crippen LogP contribution in [0.3, 0.4) is 0 Å². The number of rotatable bonds is 4. The Morgan fingerprint density at radius 3 is 2.60 bits per heavy atom. The summed E-state index contributed by atoms with van der Waals surface area (Å²) < 4.78 is 23.1. The Morgan fingerprint density at radius 2 is 1.95 bits per heavy atom. The quantitative estimate of drug-likeness (QED) is 0.855. The summed E-state index contributed by atoms with van der Waals surface area (Å²) in [6.07, 6.45) is 6.14. The molecule has 2 fully saturated rings. The fourth-order valence-corrected chi connectivity index (χ4v) is 4.67. The van der Waals surface area contributed by atoms with Crippen molar-refractivity contribution in [3.8, 4) is 11.5 Å². The van der Waals surface area contributed by atoms with Gasteiger partial charge in [-0.1, -0.05) is 6.07 Å². The standard InChI is InChI=1S/C16H22O3S/c1-18-15-7-6-12(13-8-9-20(17)11-13)10-16(15)19-14-4-2-3-5-14/h6-7,10,13-14H,2-5,8-9,11H2,1H3/t13?,20-/m0/s1. The van der Waals surface area contributed by atoms with Crippen LogP contribution in [0.4, 0.5) is 0 Å². The lowest BCUT2D eigenvalue weighted by Gasteiger charge is -2.18. The van der Waals surface area contributed by atoms with E-state index in [1.165, 1.54) is 18.4 Å². The lowest BCUT2D eigenvalue weighted by atomic mass is 9.98. The van der Waals surface area contributed by atoms with Gasteiger partial charge in [-0.25, -0.2) is 0 Å². The summed E-state index contributed by atoms with van der Waals surface area (Å²) in [5, 5.41) is 0. The van der Waals surface area contributed by atoms with Gasteiger partial charge in [0, 0.05) is 22.3 Å². The highest BCUT2D eigenvalue weighted by Gasteiger charge is 2.24. The molecule has 0 amide bonds. The zero-order valence-corrected chi connectivity index (χ0v) is 12.8. The van der Waals surface area contributed by atoms with Crippen LogP contribution in [-0.2, 0) is 10.8 Å². The first-order valence-electron chi connectivity index (χ1n) is 7.46. The fraction of sp³-hybridized carbons (Fsp3) is 0.625. The summed E-state index contributed by atoms with van der Waals surface area (Å²) in [7, 11) is 1.04. The van der Waals surface area contributed by atoms with E-state index in [9.17, 15) is 4.21 Å². The van der Waals surface area contributed by atoms with Gasteiger partial charge in [0.15, 0.2) is 11.5 Å². The molecule has 0 aromatic heterocycles. The maximum Gasteiger partial charge on any atom is 0.161 e. The Hall–Kier alpha value is -1.03. The molecule has 0 bridgehead atoms. The van der Waals surface area contributed by atoms with Crippen molar-refractivity contribution in [3.63, 3.8) is 0 Å². The second-order valence-electron chi connectivity index (χ2n) is 5.73. The van der Waals surface area contributed by atoms with Crippen molar-refractivity contribution in [2.75, 3.05) is 18.6 Å². The maximum atomic E-state index is 11.6. The molecule has 20 heavy (non-hydrogen) atoms. The molecule has 3 rings (SSSR count). The second kappa shape index (κ2) is 6.17. The van der Waals surface area contributed by atoms with Gasteiger partial charge >= 0.3 is 0 Å². The molecule has 1 aromatic carbocycles. The molecule has 0 spiro atoms. The van der Waals surface area contributed by atoms with Crippen LogP contribution in [0.15, 0.2) is 18.2 Å². The summed E-state index contributed by atoms with van der Waals surface area (Å²) in [5.74, 6) is 3.69. The zero-order chi connectivity index (χ0) is 13.9. The topological polar surface area (TPSA) is 35.5 Å². The Kier molecular flexibility index (Phi) is 4.29. The van der Waals surface area contributed by atoms with Crippen LogP contribution in [0.2, 0.25) is 0 Å². The molecule has 1 aliphatic carbocycles. The monoisotopic (exact) mass is 294 g/mol. The molecule has 2 aliphatic rings. The van der Waals surface area contributed by atoms with Crippen molar-refractivity contribution < 1.29 is 13.7 Å². The molecule has 1 heterocycles. The lowest BCUT2D eigenvalue weighted by Crippen LogP contribution is -2.12. The third-order valence-electron chi connectivity index (χ3n) is 4.34. The molecule has 1 saturated heterocycles. The molecule has 1 saturated carbocycles. The molecule has 4 heteroatoms. The van der Waals surface area contributed by atoms with E-state index < -0.39 is 10.8 Å². The molecule has 110 valence electrons. The normalized spacial score (nSPS) is 26.9. The molecule has 1 aliphatic heterocycles. The van der Waals surface area contributed by atoms with E-state index in [1.54, 1.807) is 7.11 Å². The first kappa shape index (κ1) is 13.9. The molecular formula is C16H22O3S. The minimum atomic E-state index is -0.643. The van der Waals surface area contributed by atoms with E-state index in [0.29, 0.717) is 12.0 Å². The van der Waals surface area contributed by atoms with E-state index >= 15 is 0 Å². The van der Waals surface area contributed by atoms with Gasteiger partial charge < -0.3 is 9.47 Å². The van der Waals surface area contributed by atoms with Gasteiger partial charge in [0.1, 0.15) is 0 Å². The number of hydrogen-bond acceptors (Lipinski definition) is 3. The van der Waals surface area contributed by atoms with Crippen molar-refractivity contribution in [1.82, 2.24) is 0 Å². The van der Waals surface area contributed by atoms with Crippen molar-refractivity contribution in [2.45, 2.75) is 44.1 Å². The molecule has 1 aromatic rings. The van der Waals surface area contributed by atoms with Crippen LogP contribution < -0.4 is 9.47 Å². The Labute approximate surface area is 123 Å². The summed E-state index contributed by atoms with van der Waals surface area (Å²) in [5.41, 5.74) is 1.24. The highest BCUT2D eigenvalue weighted by atomic mass is 32.2. The van der Waals surface area contributed by atoms with Gasteiger partial charge in [-0.15, -0.1) is 0 Å². The third-order valence-corrected chi connectivity index (χ3v) is 5.80. The Bertz CT molecular complexity index is 494. The highest BCUT2D eigenvalue weighted by molar-refractivity contribution is 7.85. The highest BCUT2D eigenvalue weighted by Crippen LogP contribution is 2.36. The SMILES string of the molecule is COc1ccc(C2CC[S@](=O)C2)cc1OC1CCCC1. The van der Waals surface area contributed by atoms with E-state index in [0.717, 1.165) is 42.3 Å². The van der Waals surface area contributed by atoms with Crippen molar-refractivity contribution in [2.24, 2.45) is 0 Å². The number of hydrogen-bond donors (Lipinski definition) is 0. The first-order chi connectivity index (χ1) is 9.76. The molecule has 1 unspecified atom stereocenters. The Balaban J connectivity index is 1.80. The minimum Gasteiger partial charge on any atom is -0.493 e. The van der Waals surface area contributed by atoms with E-state index in [1.807, 2.05) is 6.07 Å². The average Bonchev–Trinajstić information content (AvgIpc) is 3.10. The van der Waals surface area contributed by atoms with Crippen LogP contribution >= 0.6 is 0 Å². The Morgan fingerprint density at radius 1 is 1.15 bits per heavy atom. The van der Waals surface area contributed by atoms with Gasteiger partial charge in [0.2, 0.25) is 0 Å². The van der Waals surface area contributed by atoms with Crippen molar-refractivity contribution in [1.29, 1.82) is 0 Å². The van der Waals surface area contributed by atoms with Crippen LogP contribution in [0.5, 0.6) is 11.5 Å². The van der Waals surface area contributed by atoms with Crippen LogP contribution in [0.1, 0.15) is 43.6 Å². The van der Waals surface area contributed by atoms with Crippen molar-refractivity contribution in [3.05, 3.63) is 23.8 Å². The molecule has 0 N–H and O–H groups in total. The third kappa shape index (κ3) is 3.00. The van der Waals surface area contributed by atoms with Gasteiger partial charge in [-0.3, -0.25) is 4.21 Å². The zero-order valence-electron chi connectivity index (χ0n) is 12.0. The summed E-state index contributed by atoms with van der Waals surface area (Å²) in [4.78, 5) is 0. The largest absolute Gasteiger partial charge is 0.493 e. The summed E-state index contributed by atoms with van der Waals surface area (Å²) in [6, 6.07) is 6.18. The lowest BCUT2D eigenvalue weighted by molar-refractivity contribution is 0.200. The molecule has 3 nitrogen and oxygen atoms in total. The van der Waals surface area contributed by atoms with Gasteiger partial charge in [0.05, 0.1) is 13.2 Å². The van der Waals surface area contributed by atoms with E-state index in [2.05, 4.69) is 12.1 Å². The summed E-state index contributed by atoms with van der Waals surface area (Å²) in [6.45, 7) is 0. The number of methoxy groups -OCH3 is 1. The van der Waals surface area contributed by atoms with Crippen molar-refractivity contribution >= 4 is 10.8 Å². The number of ether oxygens (including phenoxy) is 2. The van der Waals surface area contributed by atoms with Crippen LogP contribution in [-0.4, -0.2) is 28.9 Å². The molecule has 2 atom stereocenters. The predicted octanol–water partition coefficient (Wildman–Crippen LogP) is 3.25. The van der Waals surface area contributed by atoms with E-state index in [4.69, 9.17) is 9.47 Å². The van der Waals surface area contributed by atoms with Gasteiger partial charge in [-0.05, 0) is 55.7 Å². The predicted molar refractivity (Wildman–Crippen MR) is 81.1 cm³/mol. The van der Waals surface area contributed by atoms with Gasteiger partial charge in [-0.2, -0.15) is 0 Å². The fourth-order valence-electron chi connectivity index (χ4n) is 3.15. The number of benzene rings is 1. The molecule has 0 radical (unpaired) electrons. The second-order valence-corrected chi connectivity index (χ2v) is 7.35. The van der Waals surface area contributed by atoms with Gasteiger partial charge in [0.25, 0.3) is 0 Å². The van der Waals surface area contributed by atoms with Crippen LogP contribution in [0, 0.1) is 0 Å². The smallest absolute Gasteiger partial charge is 0.161 e. The first-order valence-corrected chi connectivity index (χ1v) is 8.94.